The van der Waals surface area contributed by atoms with Crippen LogP contribution < -0.4 is 16.5 Å². The number of nitrogens with two attached hydrogens (primary N) is 1. The molecule has 3 heterocycles. The Bertz CT molecular complexity index is 1830. The predicted molar refractivity (Wildman–Crippen MR) is 164 cm³/mol. The average molecular weight is 587 g/mol. The molecular weight excluding hydrogens is 552 g/mol. The summed E-state index contributed by atoms with van der Waals surface area (Å²) in [5, 5.41) is 3.47. The number of aromatic nitrogens is 3. The Morgan fingerprint density at radius 1 is 1.07 bits per heavy atom. The van der Waals surface area contributed by atoms with Crippen molar-refractivity contribution in [3.63, 3.8) is 0 Å². The van der Waals surface area contributed by atoms with Crippen LogP contribution in [0.2, 0.25) is 0 Å². The van der Waals surface area contributed by atoms with E-state index in [1.807, 2.05) is 18.2 Å². The van der Waals surface area contributed by atoms with E-state index in [9.17, 15) is 18.0 Å². The zero-order chi connectivity index (χ0) is 29.4. The van der Waals surface area contributed by atoms with Crippen molar-refractivity contribution in [1.82, 2.24) is 19.4 Å². The molecule has 0 radical (unpaired) electrons. The number of aryl methyl sites for hydroxylation is 2. The first kappa shape index (κ1) is 28.0. The summed E-state index contributed by atoms with van der Waals surface area (Å²) in [4.78, 5) is 36.4. The fourth-order valence-electron chi connectivity index (χ4n) is 6.00. The molecule has 1 saturated heterocycles. The fraction of sp³-hybridized carbons (Fsp3) is 0.355. The normalized spacial score (nSPS) is 16.0. The van der Waals surface area contributed by atoms with E-state index in [4.69, 9.17) is 10.7 Å². The number of benzene rings is 2. The monoisotopic (exact) mass is 586 g/mol. The molecule has 10 nitrogen and oxygen atoms in total. The number of fused-ring (bicyclic) bond motifs is 2. The third-order valence-electron chi connectivity index (χ3n) is 8.37. The molecule has 0 bridgehead atoms. The molecule has 0 atom stereocenters. The van der Waals surface area contributed by atoms with Crippen molar-refractivity contribution in [2.75, 3.05) is 37.0 Å². The lowest BCUT2D eigenvalue weighted by atomic mass is 9.89. The molecule has 2 aliphatic rings. The number of nitrogens with zero attached hydrogens (tertiary/aromatic N) is 4. The molecule has 6 rings (SSSR count). The predicted octanol–water partition coefficient (Wildman–Crippen LogP) is 3.34. The van der Waals surface area contributed by atoms with Crippen LogP contribution in [0, 0.1) is 0 Å². The highest BCUT2D eigenvalue weighted by molar-refractivity contribution is 7.90. The number of amides is 1. The molecule has 0 spiro atoms. The maximum Gasteiger partial charge on any atom is 0.254 e. The number of pyridine rings is 1. The lowest BCUT2D eigenvalue weighted by Crippen LogP contribution is -2.36. The Labute approximate surface area is 244 Å². The number of nitrogens with one attached hydrogen (secondary N) is 1. The molecule has 1 aliphatic heterocycles. The van der Waals surface area contributed by atoms with Gasteiger partial charge in [0.25, 0.3) is 5.91 Å². The van der Waals surface area contributed by atoms with Crippen molar-refractivity contribution in [3.05, 3.63) is 87.3 Å². The molecule has 2 aromatic carbocycles. The smallest absolute Gasteiger partial charge is 0.254 e. The molecular formula is C31H34N6O4S. The summed E-state index contributed by atoms with van der Waals surface area (Å²) < 4.78 is 24.7. The zero-order valence-corrected chi connectivity index (χ0v) is 24.4. The number of anilines is 2. The summed E-state index contributed by atoms with van der Waals surface area (Å²) >= 11 is 0. The molecule has 11 heteroatoms. The molecule has 1 aliphatic carbocycles. The highest BCUT2D eigenvalue weighted by atomic mass is 32.2. The Balaban J connectivity index is 1.23. The van der Waals surface area contributed by atoms with Gasteiger partial charge in [0.05, 0.1) is 11.1 Å². The molecule has 1 amide bonds. The van der Waals surface area contributed by atoms with Crippen LogP contribution in [0.3, 0.4) is 0 Å². The van der Waals surface area contributed by atoms with Gasteiger partial charge < -0.3 is 20.5 Å². The van der Waals surface area contributed by atoms with Crippen molar-refractivity contribution in [3.8, 4) is 5.69 Å². The van der Waals surface area contributed by atoms with Gasteiger partial charge in [0.15, 0.2) is 5.65 Å². The fourth-order valence-corrected chi connectivity index (χ4v) is 6.59. The van der Waals surface area contributed by atoms with Crippen molar-refractivity contribution in [2.45, 2.75) is 38.0 Å². The third kappa shape index (κ3) is 5.93. The second-order valence-electron chi connectivity index (χ2n) is 11.3. The van der Waals surface area contributed by atoms with Crippen molar-refractivity contribution < 1.29 is 13.2 Å². The van der Waals surface area contributed by atoms with Gasteiger partial charge in [0.1, 0.15) is 15.4 Å². The summed E-state index contributed by atoms with van der Waals surface area (Å²) in [7, 11) is -2.95. The summed E-state index contributed by atoms with van der Waals surface area (Å²) in [5.74, 6) is 0.158. The Morgan fingerprint density at radius 2 is 1.81 bits per heavy atom. The van der Waals surface area contributed by atoms with Gasteiger partial charge in [-0.25, -0.2) is 13.4 Å². The first-order chi connectivity index (χ1) is 20.1. The number of rotatable bonds is 8. The van der Waals surface area contributed by atoms with Gasteiger partial charge in [-0.3, -0.25) is 9.59 Å². The number of piperidine rings is 1. The van der Waals surface area contributed by atoms with E-state index in [0.29, 0.717) is 24.1 Å². The minimum atomic E-state index is -2.95. The first-order valence-corrected chi connectivity index (χ1v) is 16.3. The zero-order valence-electron chi connectivity index (χ0n) is 23.5. The van der Waals surface area contributed by atoms with Crippen LogP contribution in [-0.2, 0) is 22.7 Å². The second kappa shape index (κ2) is 11.3. The lowest BCUT2D eigenvalue weighted by molar-refractivity contribution is 0.0999. The first-order valence-electron chi connectivity index (χ1n) is 14.3. The quantitative estimate of drug-likeness (QED) is 0.320. The standard InChI is InChI=1S/C31H34N6O4S/c1-42(40,41)16-15-36-13-11-22(12-14-36)21-5-8-24(9-6-21)34-31-33-18-26-28(38)27(29(32)39)19-37(30(26)35-31)25-10-7-20-3-2-4-23(20)17-25/h5-10,17-19,22H,2-4,11-16H2,1H3,(H2,32,39)(H,33,34,35). The summed E-state index contributed by atoms with van der Waals surface area (Å²) in [6, 6.07) is 14.3. The van der Waals surface area contributed by atoms with Gasteiger partial charge in [0, 0.05) is 36.6 Å². The van der Waals surface area contributed by atoms with Crippen molar-refractivity contribution in [1.29, 1.82) is 0 Å². The average Bonchev–Trinajstić information content (AvgIpc) is 3.45. The topological polar surface area (TPSA) is 140 Å². The highest BCUT2D eigenvalue weighted by Crippen LogP contribution is 2.30. The summed E-state index contributed by atoms with van der Waals surface area (Å²) in [5.41, 5.74) is 10.8. The van der Waals surface area contributed by atoms with Crippen LogP contribution in [0.25, 0.3) is 16.7 Å². The molecule has 42 heavy (non-hydrogen) atoms. The molecule has 3 N–H and O–H groups in total. The molecule has 0 unspecified atom stereocenters. The minimum absolute atomic E-state index is 0.107. The molecule has 4 aromatic rings. The SMILES string of the molecule is CS(=O)(=O)CCN1CCC(c2ccc(Nc3ncc4c(=O)c(C(N)=O)cn(-c5ccc6c(c5)CCC6)c4n3)cc2)CC1. The Hall–Kier alpha value is -4.09. The summed E-state index contributed by atoms with van der Waals surface area (Å²) in [6.07, 6.45) is 9.31. The summed E-state index contributed by atoms with van der Waals surface area (Å²) in [6.45, 7) is 2.35. The number of carbonyl (C=O) groups excluding carboxylic acids is 1. The molecule has 0 saturated carbocycles. The van der Waals surface area contributed by atoms with Crippen LogP contribution in [0.4, 0.5) is 11.6 Å². The lowest BCUT2D eigenvalue weighted by Gasteiger charge is -2.32. The van der Waals surface area contributed by atoms with Gasteiger partial charge in [-0.2, -0.15) is 4.98 Å². The molecule has 1 fully saturated rings. The van der Waals surface area contributed by atoms with E-state index < -0.39 is 21.2 Å². The van der Waals surface area contributed by atoms with Crippen LogP contribution in [0.15, 0.2) is 59.7 Å². The number of sulfone groups is 1. The number of hydrogen-bond donors (Lipinski definition) is 2. The largest absolute Gasteiger partial charge is 0.365 e. The van der Waals surface area contributed by atoms with Gasteiger partial charge in [-0.15, -0.1) is 0 Å². The van der Waals surface area contributed by atoms with Crippen molar-refractivity contribution in [2.24, 2.45) is 5.73 Å². The van der Waals surface area contributed by atoms with Crippen LogP contribution >= 0.6 is 0 Å². The number of likely N-dealkylation sites (tertiary alicyclic amines) is 1. The number of hydrogen-bond acceptors (Lipinski definition) is 8. The molecule has 218 valence electrons. The number of primary amides is 1. The molecule has 2 aromatic heterocycles. The maximum absolute atomic E-state index is 13.1. The Kier molecular flexibility index (Phi) is 7.54. The Morgan fingerprint density at radius 3 is 2.52 bits per heavy atom. The van der Waals surface area contributed by atoms with E-state index in [-0.39, 0.29) is 16.7 Å². The van der Waals surface area contributed by atoms with Crippen LogP contribution in [0.5, 0.6) is 0 Å². The minimum Gasteiger partial charge on any atom is -0.365 e. The van der Waals surface area contributed by atoms with E-state index in [2.05, 4.69) is 39.5 Å². The van der Waals surface area contributed by atoms with Gasteiger partial charge in [0.2, 0.25) is 11.4 Å². The van der Waals surface area contributed by atoms with E-state index in [1.165, 1.54) is 35.3 Å². The second-order valence-corrected chi connectivity index (χ2v) is 13.6. The highest BCUT2D eigenvalue weighted by Gasteiger charge is 2.22. The van der Waals surface area contributed by atoms with Crippen molar-refractivity contribution >= 4 is 38.4 Å². The van der Waals surface area contributed by atoms with Gasteiger partial charge in [-0.05, 0) is 92.1 Å². The van der Waals surface area contributed by atoms with Crippen LogP contribution in [0.1, 0.15) is 52.2 Å². The van der Waals surface area contributed by atoms with E-state index in [0.717, 1.165) is 56.6 Å². The van der Waals surface area contributed by atoms with E-state index in [1.54, 1.807) is 4.57 Å². The number of carbonyl (C=O) groups is 1. The van der Waals surface area contributed by atoms with Gasteiger partial charge in [-0.1, -0.05) is 18.2 Å². The van der Waals surface area contributed by atoms with Gasteiger partial charge >= 0.3 is 0 Å². The third-order valence-corrected chi connectivity index (χ3v) is 9.30. The van der Waals surface area contributed by atoms with Crippen LogP contribution in [-0.4, -0.2) is 65.4 Å². The van der Waals surface area contributed by atoms with E-state index >= 15 is 0 Å². The maximum atomic E-state index is 13.1.